The van der Waals surface area contributed by atoms with Gasteiger partial charge in [0.05, 0.1) is 4.34 Å². The first-order valence-electron chi connectivity index (χ1n) is 5.88. The van der Waals surface area contributed by atoms with E-state index in [1.807, 2.05) is 0 Å². The zero-order valence-corrected chi connectivity index (χ0v) is 12.9. The summed E-state index contributed by atoms with van der Waals surface area (Å²) in [7, 11) is -3.44. The Labute approximate surface area is 122 Å². The smallest absolute Gasteiger partial charge is 0.210 e. The molecule has 1 heterocycles. The standard InChI is InChI=1S/C11H15Cl2NO2S2/c12-9-4-2-1-3-8(9)7-14-18(15,16)11-6-5-10(13)17-11/h5-6,8-9,14H,1-4,7H2. The van der Waals surface area contributed by atoms with Crippen LogP contribution in [0.3, 0.4) is 0 Å². The van der Waals surface area contributed by atoms with E-state index in [0.29, 0.717) is 10.9 Å². The van der Waals surface area contributed by atoms with E-state index < -0.39 is 10.0 Å². The van der Waals surface area contributed by atoms with Gasteiger partial charge in [0.1, 0.15) is 4.21 Å². The van der Waals surface area contributed by atoms with Gasteiger partial charge >= 0.3 is 0 Å². The van der Waals surface area contributed by atoms with Crippen LogP contribution in [0.25, 0.3) is 0 Å². The van der Waals surface area contributed by atoms with E-state index in [4.69, 9.17) is 23.2 Å². The molecule has 1 aromatic heterocycles. The summed E-state index contributed by atoms with van der Waals surface area (Å²) in [6, 6.07) is 3.11. The van der Waals surface area contributed by atoms with Crippen molar-refractivity contribution in [2.24, 2.45) is 5.92 Å². The molecule has 1 fully saturated rings. The normalized spacial score (nSPS) is 25.2. The largest absolute Gasteiger partial charge is 0.250 e. The summed E-state index contributed by atoms with van der Waals surface area (Å²) in [5, 5.41) is 0.0772. The van der Waals surface area contributed by atoms with Crippen LogP contribution in [-0.2, 0) is 10.0 Å². The van der Waals surface area contributed by atoms with E-state index in [9.17, 15) is 8.42 Å². The van der Waals surface area contributed by atoms with Gasteiger partial charge in [-0.2, -0.15) is 0 Å². The molecule has 1 aliphatic carbocycles. The second-order valence-corrected chi connectivity index (χ2v) is 8.74. The van der Waals surface area contributed by atoms with Crippen LogP contribution >= 0.6 is 34.5 Å². The number of thiophene rings is 1. The fourth-order valence-electron chi connectivity index (χ4n) is 2.12. The zero-order chi connectivity index (χ0) is 13.2. The minimum atomic E-state index is -3.44. The highest BCUT2D eigenvalue weighted by molar-refractivity contribution is 7.91. The zero-order valence-electron chi connectivity index (χ0n) is 9.73. The van der Waals surface area contributed by atoms with E-state index in [0.717, 1.165) is 37.0 Å². The van der Waals surface area contributed by atoms with Crippen molar-refractivity contribution in [3.05, 3.63) is 16.5 Å². The van der Waals surface area contributed by atoms with Crippen molar-refractivity contribution in [2.45, 2.75) is 35.3 Å². The van der Waals surface area contributed by atoms with Gasteiger partial charge in [0.2, 0.25) is 10.0 Å². The molecule has 2 rings (SSSR count). The van der Waals surface area contributed by atoms with Gasteiger partial charge < -0.3 is 0 Å². The summed E-state index contributed by atoms with van der Waals surface area (Å²) < 4.78 is 27.3. The van der Waals surface area contributed by atoms with E-state index in [1.54, 1.807) is 6.07 Å². The lowest BCUT2D eigenvalue weighted by molar-refractivity contribution is 0.364. The molecule has 0 spiro atoms. The number of rotatable bonds is 4. The monoisotopic (exact) mass is 327 g/mol. The van der Waals surface area contributed by atoms with Crippen molar-refractivity contribution in [3.8, 4) is 0 Å². The molecule has 1 N–H and O–H groups in total. The first kappa shape index (κ1) is 14.6. The summed E-state index contributed by atoms with van der Waals surface area (Å²) in [6.45, 7) is 0.409. The Bertz CT molecular complexity index is 501. The van der Waals surface area contributed by atoms with E-state index in [-0.39, 0.29) is 15.5 Å². The Hall–Kier alpha value is 0.190. The predicted octanol–water partition coefficient (Wildman–Crippen LogP) is 3.48. The van der Waals surface area contributed by atoms with Crippen LogP contribution in [-0.4, -0.2) is 20.3 Å². The fraction of sp³-hybridized carbons (Fsp3) is 0.636. The molecule has 1 saturated carbocycles. The van der Waals surface area contributed by atoms with Gasteiger partial charge in [0.25, 0.3) is 0 Å². The third-order valence-electron chi connectivity index (χ3n) is 3.17. The number of hydrogen-bond donors (Lipinski definition) is 1. The first-order valence-corrected chi connectivity index (χ1v) is 8.99. The minimum absolute atomic E-state index is 0.0772. The summed E-state index contributed by atoms with van der Waals surface area (Å²) >= 11 is 13.0. The first-order chi connectivity index (χ1) is 8.49. The minimum Gasteiger partial charge on any atom is -0.210 e. The molecule has 0 radical (unpaired) electrons. The third kappa shape index (κ3) is 3.61. The summed E-state index contributed by atoms with van der Waals surface area (Å²) in [5.41, 5.74) is 0. The molecule has 1 aromatic rings. The van der Waals surface area contributed by atoms with Crippen LogP contribution in [0.1, 0.15) is 25.7 Å². The topological polar surface area (TPSA) is 46.2 Å². The molecule has 0 aliphatic heterocycles. The molecule has 7 heteroatoms. The molecular weight excluding hydrogens is 313 g/mol. The van der Waals surface area contributed by atoms with E-state index >= 15 is 0 Å². The maximum absolute atomic E-state index is 12.0. The van der Waals surface area contributed by atoms with Gasteiger partial charge in [-0.1, -0.05) is 24.4 Å². The van der Waals surface area contributed by atoms with Crippen LogP contribution in [0.15, 0.2) is 16.3 Å². The highest BCUT2D eigenvalue weighted by Crippen LogP contribution is 2.29. The Kier molecular flexibility index (Phi) is 4.94. The number of nitrogens with one attached hydrogen (secondary N) is 1. The number of alkyl halides is 1. The molecule has 1 aliphatic rings. The molecule has 0 aromatic carbocycles. The predicted molar refractivity (Wildman–Crippen MR) is 76.1 cm³/mol. The van der Waals surface area contributed by atoms with Gasteiger partial charge in [0, 0.05) is 11.9 Å². The van der Waals surface area contributed by atoms with Gasteiger partial charge in [0.15, 0.2) is 0 Å². The Morgan fingerprint density at radius 3 is 2.67 bits per heavy atom. The molecular formula is C11H15Cl2NO2S2. The van der Waals surface area contributed by atoms with Gasteiger partial charge in [-0.25, -0.2) is 13.1 Å². The maximum atomic E-state index is 12.0. The van der Waals surface area contributed by atoms with Crippen LogP contribution in [0.4, 0.5) is 0 Å². The van der Waals surface area contributed by atoms with Crippen LogP contribution < -0.4 is 4.72 Å². The van der Waals surface area contributed by atoms with Crippen molar-refractivity contribution in [3.63, 3.8) is 0 Å². The van der Waals surface area contributed by atoms with Crippen molar-refractivity contribution < 1.29 is 8.42 Å². The Balaban J connectivity index is 1.96. The molecule has 0 bridgehead atoms. The fourth-order valence-corrected chi connectivity index (χ4v) is 5.11. The summed E-state index contributed by atoms with van der Waals surface area (Å²) in [4.78, 5) is 0. The van der Waals surface area contributed by atoms with Crippen LogP contribution in [0.5, 0.6) is 0 Å². The van der Waals surface area contributed by atoms with Crippen LogP contribution in [0.2, 0.25) is 4.34 Å². The lowest BCUT2D eigenvalue weighted by atomic mass is 9.89. The summed E-state index contributed by atoms with van der Waals surface area (Å²) in [6.07, 6.45) is 4.22. The van der Waals surface area contributed by atoms with Gasteiger partial charge in [-0.3, -0.25) is 0 Å². The highest BCUT2D eigenvalue weighted by atomic mass is 35.5. The quantitative estimate of drug-likeness (QED) is 0.860. The second kappa shape index (κ2) is 6.09. The Morgan fingerprint density at radius 1 is 1.33 bits per heavy atom. The average Bonchev–Trinajstić information content (AvgIpc) is 2.76. The molecule has 2 unspecified atom stereocenters. The molecule has 18 heavy (non-hydrogen) atoms. The van der Waals surface area contributed by atoms with Gasteiger partial charge in [-0.05, 0) is 30.9 Å². The number of halogens is 2. The van der Waals surface area contributed by atoms with Crippen molar-refractivity contribution in [1.82, 2.24) is 4.72 Å². The number of sulfonamides is 1. The SMILES string of the molecule is O=S(=O)(NCC1CCCCC1Cl)c1ccc(Cl)s1. The lowest BCUT2D eigenvalue weighted by Gasteiger charge is -2.26. The van der Waals surface area contributed by atoms with E-state index in [1.165, 1.54) is 6.07 Å². The maximum Gasteiger partial charge on any atom is 0.250 e. The van der Waals surface area contributed by atoms with Crippen molar-refractivity contribution >= 4 is 44.6 Å². The highest BCUT2D eigenvalue weighted by Gasteiger charge is 2.25. The molecule has 0 amide bonds. The number of hydrogen-bond acceptors (Lipinski definition) is 3. The summed E-state index contributed by atoms with van der Waals surface area (Å²) in [5.74, 6) is 0.227. The Morgan fingerprint density at radius 2 is 2.06 bits per heavy atom. The molecule has 3 nitrogen and oxygen atoms in total. The average molecular weight is 328 g/mol. The van der Waals surface area contributed by atoms with Crippen molar-refractivity contribution in [2.75, 3.05) is 6.54 Å². The van der Waals surface area contributed by atoms with E-state index in [2.05, 4.69) is 4.72 Å². The van der Waals surface area contributed by atoms with Crippen molar-refractivity contribution in [1.29, 1.82) is 0 Å². The molecule has 102 valence electrons. The van der Waals surface area contributed by atoms with Crippen LogP contribution in [0, 0.1) is 5.92 Å². The van der Waals surface area contributed by atoms with Gasteiger partial charge in [-0.15, -0.1) is 22.9 Å². The molecule has 0 saturated heterocycles. The third-order valence-corrected chi connectivity index (χ3v) is 6.89. The molecule has 2 atom stereocenters. The lowest BCUT2D eigenvalue weighted by Crippen LogP contribution is -2.34. The second-order valence-electron chi connectivity index (χ2n) is 4.47.